The molecule has 4 aromatic heterocycles. The van der Waals surface area contributed by atoms with Gasteiger partial charge in [0.25, 0.3) is 0 Å². The molecule has 0 fully saturated rings. The summed E-state index contributed by atoms with van der Waals surface area (Å²) in [6.07, 6.45) is 9.00. The lowest BCUT2D eigenvalue weighted by molar-refractivity contribution is 0.669. The summed E-state index contributed by atoms with van der Waals surface area (Å²) in [5.41, 5.74) is 12.3. The number of thiophene rings is 2. The summed E-state index contributed by atoms with van der Waals surface area (Å²) < 4.78 is 9.84. The second kappa shape index (κ2) is 12.6. The number of hydrogen-bond donors (Lipinski definition) is 0. The molecule has 6 heteroatoms. The van der Waals surface area contributed by atoms with E-state index in [0.29, 0.717) is 5.95 Å². The van der Waals surface area contributed by atoms with Gasteiger partial charge in [-0.05, 0) is 105 Å². The van der Waals surface area contributed by atoms with E-state index in [1.165, 1.54) is 58.3 Å². The van der Waals surface area contributed by atoms with Crippen LogP contribution in [0.4, 0.5) is 11.6 Å². The summed E-state index contributed by atoms with van der Waals surface area (Å²) in [7, 11) is 0. The largest absolute Gasteiger partial charge is 0.456 e. The van der Waals surface area contributed by atoms with Gasteiger partial charge in [-0.15, -0.1) is 22.7 Å². The van der Waals surface area contributed by atoms with Crippen molar-refractivity contribution >= 4 is 97.4 Å². The van der Waals surface area contributed by atoms with E-state index in [2.05, 4.69) is 170 Å². The maximum atomic E-state index is 6.23. The van der Waals surface area contributed by atoms with Crippen LogP contribution >= 0.6 is 22.7 Å². The third-order valence-corrected chi connectivity index (χ3v) is 14.9. The molecule has 0 amide bonds. The highest BCUT2D eigenvalue weighted by atomic mass is 32.1. The number of anilines is 2. The van der Waals surface area contributed by atoms with Crippen molar-refractivity contribution in [2.24, 2.45) is 0 Å². The highest BCUT2D eigenvalue weighted by Gasteiger charge is 2.39. The predicted molar refractivity (Wildman–Crippen MR) is 250 cm³/mol. The first kappa shape index (κ1) is 33.1. The van der Waals surface area contributed by atoms with Crippen LogP contribution in [0.1, 0.15) is 17.0 Å². The Bertz CT molecular complexity index is 3620. The smallest absolute Gasteiger partial charge is 0.231 e. The molecular formula is C53H33N3OS2. The number of furan rings is 1. The summed E-state index contributed by atoms with van der Waals surface area (Å²) in [4.78, 5) is 14.7. The molecule has 11 aromatic rings. The van der Waals surface area contributed by atoms with E-state index in [0.717, 1.165) is 54.5 Å². The number of aromatic nitrogens is 2. The maximum absolute atomic E-state index is 6.23. The van der Waals surface area contributed by atoms with E-state index >= 15 is 0 Å². The molecule has 2 aliphatic rings. The van der Waals surface area contributed by atoms with Gasteiger partial charge in [0.2, 0.25) is 5.95 Å². The van der Waals surface area contributed by atoms with Gasteiger partial charge in [0.05, 0.1) is 22.0 Å². The zero-order valence-corrected chi connectivity index (χ0v) is 33.5. The first-order chi connectivity index (χ1) is 29.1. The van der Waals surface area contributed by atoms with Crippen molar-refractivity contribution in [1.82, 2.24) is 9.97 Å². The van der Waals surface area contributed by atoms with Crippen LogP contribution in [0.5, 0.6) is 0 Å². The first-order valence-corrected chi connectivity index (χ1v) is 21.7. The first-order valence-electron chi connectivity index (χ1n) is 20.1. The quantitative estimate of drug-likeness (QED) is 0.178. The van der Waals surface area contributed by atoms with E-state index in [1.54, 1.807) is 11.3 Å². The van der Waals surface area contributed by atoms with Crippen molar-refractivity contribution < 1.29 is 4.42 Å². The number of fused-ring (bicyclic) bond motifs is 11. The number of para-hydroxylation sites is 1. The minimum absolute atomic E-state index is 0.0469. The van der Waals surface area contributed by atoms with Gasteiger partial charge in [0.1, 0.15) is 11.2 Å². The molecule has 4 nitrogen and oxygen atoms in total. The third-order valence-electron chi connectivity index (χ3n) is 12.4. The lowest BCUT2D eigenvalue weighted by Crippen LogP contribution is -2.30. The molecule has 1 aliphatic heterocycles. The number of hydrogen-bond acceptors (Lipinski definition) is 6. The predicted octanol–water partition coefficient (Wildman–Crippen LogP) is 15.2. The van der Waals surface area contributed by atoms with Crippen LogP contribution in [0.15, 0.2) is 174 Å². The maximum Gasteiger partial charge on any atom is 0.231 e. The van der Waals surface area contributed by atoms with Gasteiger partial charge in [-0.25, -0.2) is 9.97 Å². The van der Waals surface area contributed by atoms with Crippen LogP contribution in [0, 0.1) is 6.92 Å². The average molecular weight is 792 g/mol. The van der Waals surface area contributed by atoms with Crippen molar-refractivity contribution in [3.63, 3.8) is 0 Å². The second-order valence-electron chi connectivity index (χ2n) is 15.7. The number of nitrogens with zero attached hydrogens (tertiary/aromatic N) is 3. The Labute approximate surface area is 347 Å². The van der Waals surface area contributed by atoms with Crippen molar-refractivity contribution in [3.05, 3.63) is 181 Å². The molecule has 2 atom stereocenters. The molecule has 0 bridgehead atoms. The number of aryl methyl sites for hydroxylation is 1. The highest BCUT2D eigenvalue weighted by molar-refractivity contribution is 7.26. The SMILES string of the molecule is Cc1c(-c2cccc3ccccc23)sc2ccc(-c3ccc4c(c3)C3C=CC=CC3N4c3nc(-c4ccc5oc6ccccc6c5c4)c4sc5ccccc5c4n3)cc12. The minimum Gasteiger partial charge on any atom is -0.456 e. The Kier molecular flexibility index (Phi) is 7.06. The van der Waals surface area contributed by atoms with Gasteiger partial charge in [-0.2, -0.15) is 0 Å². The van der Waals surface area contributed by atoms with Crippen molar-refractivity contribution in [2.75, 3.05) is 4.90 Å². The van der Waals surface area contributed by atoms with E-state index in [-0.39, 0.29) is 12.0 Å². The average Bonchev–Trinajstić information content (AvgIpc) is 4.04. The highest BCUT2D eigenvalue weighted by Crippen LogP contribution is 2.50. The molecule has 1 aliphatic carbocycles. The zero-order valence-electron chi connectivity index (χ0n) is 31.9. The molecule has 7 aromatic carbocycles. The zero-order chi connectivity index (χ0) is 38.8. The fourth-order valence-corrected chi connectivity index (χ4v) is 12.0. The topological polar surface area (TPSA) is 42.2 Å². The summed E-state index contributed by atoms with van der Waals surface area (Å²) in [6.45, 7) is 2.28. The lowest BCUT2D eigenvalue weighted by atomic mass is 9.89. The Morgan fingerprint density at radius 3 is 2.25 bits per heavy atom. The normalized spacial score (nSPS) is 16.1. The molecule has 0 N–H and O–H groups in total. The van der Waals surface area contributed by atoms with Crippen LogP contribution in [-0.2, 0) is 0 Å². The summed E-state index contributed by atoms with van der Waals surface area (Å²) >= 11 is 3.65. The van der Waals surface area contributed by atoms with Gasteiger partial charge in [0, 0.05) is 47.6 Å². The van der Waals surface area contributed by atoms with Gasteiger partial charge >= 0.3 is 0 Å². The molecular weight excluding hydrogens is 759 g/mol. The van der Waals surface area contributed by atoms with E-state index in [9.17, 15) is 0 Å². The number of allylic oxidation sites excluding steroid dienone is 2. The number of rotatable bonds is 4. The molecule has 2 unspecified atom stereocenters. The molecule has 278 valence electrons. The van der Waals surface area contributed by atoms with Gasteiger partial charge in [0.15, 0.2) is 0 Å². The van der Waals surface area contributed by atoms with E-state index < -0.39 is 0 Å². The molecule has 13 rings (SSSR count). The van der Waals surface area contributed by atoms with Crippen LogP contribution in [0.3, 0.4) is 0 Å². The van der Waals surface area contributed by atoms with Crippen molar-refractivity contribution in [3.8, 4) is 32.8 Å². The second-order valence-corrected chi connectivity index (χ2v) is 17.8. The summed E-state index contributed by atoms with van der Waals surface area (Å²) in [5.74, 6) is 0.876. The van der Waals surface area contributed by atoms with Crippen LogP contribution in [-0.4, -0.2) is 16.0 Å². The van der Waals surface area contributed by atoms with Gasteiger partial charge in [-0.1, -0.05) is 115 Å². The summed E-state index contributed by atoms with van der Waals surface area (Å²) in [6, 6.07) is 52.7. The third kappa shape index (κ3) is 4.94. The fourth-order valence-electron chi connectivity index (χ4n) is 9.59. The number of benzene rings is 7. The van der Waals surface area contributed by atoms with Crippen molar-refractivity contribution in [2.45, 2.75) is 18.9 Å². The van der Waals surface area contributed by atoms with E-state index in [1.807, 2.05) is 23.5 Å². The lowest BCUT2D eigenvalue weighted by Gasteiger charge is -2.27. The Hall–Kier alpha value is -6.86. The van der Waals surface area contributed by atoms with Crippen LogP contribution in [0.25, 0.3) is 95.9 Å². The van der Waals surface area contributed by atoms with Gasteiger partial charge < -0.3 is 9.32 Å². The molecule has 0 saturated heterocycles. The minimum atomic E-state index is 0.0469. The summed E-state index contributed by atoms with van der Waals surface area (Å²) in [5, 5.41) is 7.24. The Morgan fingerprint density at radius 1 is 0.576 bits per heavy atom. The standard InChI is InChI=1S/C53H33N3OS2/c1-30-40-27-33(23-26-48(40)58-51(30)38-17-10-12-31-11-2-3-13-35(31)38)32-21-24-44-41(28-32)36-14-4-7-18-43(36)56(44)53-54-49(52-50(55-53)39-16-6-9-20-47(39)59-52)34-22-25-46-42(29-34)37-15-5-8-19-45(37)57-46/h2-29,36,43H,1H3. The molecule has 0 spiro atoms. The van der Waals surface area contributed by atoms with E-state index in [4.69, 9.17) is 14.4 Å². The molecule has 59 heavy (non-hydrogen) atoms. The molecule has 0 saturated carbocycles. The monoisotopic (exact) mass is 791 g/mol. The van der Waals surface area contributed by atoms with Crippen molar-refractivity contribution in [1.29, 1.82) is 0 Å². The fraction of sp³-hybridized carbons (Fsp3) is 0.0566. The molecule has 5 heterocycles. The van der Waals surface area contributed by atoms with Gasteiger partial charge in [-0.3, -0.25) is 0 Å². The Balaban J connectivity index is 0.955. The van der Waals surface area contributed by atoms with Crippen LogP contribution < -0.4 is 4.90 Å². The van der Waals surface area contributed by atoms with Crippen LogP contribution in [0.2, 0.25) is 0 Å². The molecule has 0 radical (unpaired) electrons. The Morgan fingerprint density at radius 2 is 1.31 bits per heavy atom.